The van der Waals surface area contributed by atoms with Crippen LogP contribution in [0, 0.1) is 17.6 Å². The summed E-state index contributed by atoms with van der Waals surface area (Å²) in [6, 6.07) is 3.64. The fourth-order valence-corrected chi connectivity index (χ4v) is 2.38. The second kappa shape index (κ2) is 4.09. The molecule has 0 saturated heterocycles. The SMILES string of the molecule is CC(=O)NCC1(c2ccc(F)cc2F)CC1C. The molecule has 1 aliphatic carbocycles. The molecule has 17 heavy (non-hydrogen) atoms. The molecule has 4 heteroatoms. The van der Waals surface area contributed by atoms with Gasteiger partial charge in [0, 0.05) is 24.9 Å². The van der Waals surface area contributed by atoms with Crippen molar-refractivity contribution in [2.75, 3.05) is 6.54 Å². The summed E-state index contributed by atoms with van der Waals surface area (Å²) in [6.45, 7) is 3.85. The Balaban J connectivity index is 2.26. The Hall–Kier alpha value is -1.45. The Morgan fingerprint density at radius 2 is 2.18 bits per heavy atom. The highest BCUT2D eigenvalue weighted by atomic mass is 19.1. The third-order valence-corrected chi connectivity index (χ3v) is 3.57. The van der Waals surface area contributed by atoms with Gasteiger partial charge in [-0.25, -0.2) is 8.78 Å². The maximum absolute atomic E-state index is 13.7. The second-order valence-electron chi connectivity index (χ2n) is 4.80. The van der Waals surface area contributed by atoms with Crippen molar-refractivity contribution in [3.05, 3.63) is 35.4 Å². The lowest BCUT2D eigenvalue weighted by Gasteiger charge is -2.18. The van der Waals surface area contributed by atoms with Crippen molar-refractivity contribution in [2.45, 2.75) is 25.7 Å². The van der Waals surface area contributed by atoms with Crippen molar-refractivity contribution in [3.63, 3.8) is 0 Å². The molecule has 1 fully saturated rings. The number of benzene rings is 1. The lowest BCUT2D eigenvalue weighted by Crippen LogP contribution is -2.32. The van der Waals surface area contributed by atoms with Crippen LogP contribution in [-0.2, 0) is 10.2 Å². The van der Waals surface area contributed by atoms with Gasteiger partial charge in [-0.05, 0) is 24.0 Å². The van der Waals surface area contributed by atoms with E-state index in [9.17, 15) is 13.6 Å². The summed E-state index contributed by atoms with van der Waals surface area (Å²) < 4.78 is 26.6. The Morgan fingerprint density at radius 1 is 1.53 bits per heavy atom. The van der Waals surface area contributed by atoms with Crippen LogP contribution in [0.3, 0.4) is 0 Å². The van der Waals surface area contributed by atoms with Gasteiger partial charge in [0.2, 0.25) is 5.91 Å². The standard InChI is InChI=1S/C13H15F2NO/c1-8-6-13(8,7-16-9(2)17)11-4-3-10(14)5-12(11)15/h3-5,8H,6-7H2,1-2H3,(H,16,17). The summed E-state index contributed by atoms with van der Waals surface area (Å²) in [4.78, 5) is 10.9. The van der Waals surface area contributed by atoms with E-state index in [1.54, 1.807) is 0 Å². The molecule has 0 spiro atoms. The van der Waals surface area contributed by atoms with E-state index < -0.39 is 11.6 Å². The summed E-state index contributed by atoms with van der Waals surface area (Å²) in [5, 5.41) is 2.72. The first-order valence-electron chi connectivity index (χ1n) is 5.66. The van der Waals surface area contributed by atoms with Crippen LogP contribution in [0.5, 0.6) is 0 Å². The quantitative estimate of drug-likeness (QED) is 0.862. The van der Waals surface area contributed by atoms with E-state index >= 15 is 0 Å². The molecule has 2 unspecified atom stereocenters. The average Bonchev–Trinajstić information content (AvgIpc) is 2.87. The van der Waals surface area contributed by atoms with Crippen LogP contribution >= 0.6 is 0 Å². The number of carbonyl (C=O) groups is 1. The summed E-state index contributed by atoms with van der Waals surface area (Å²) in [5.41, 5.74) is 0.142. The zero-order chi connectivity index (χ0) is 12.6. The average molecular weight is 239 g/mol. The molecule has 2 rings (SSSR count). The number of hydrogen-bond acceptors (Lipinski definition) is 1. The van der Waals surface area contributed by atoms with Crippen LogP contribution in [-0.4, -0.2) is 12.5 Å². The third kappa shape index (κ3) is 2.16. The van der Waals surface area contributed by atoms with E-state index in [1.165, 1.54) is 19.1 Å². The molecule has 92 valence electrons. The van der Waals surface area contributed by atoms with Crippen molar-refractivity contribution in [1.29, 1.82) is 0 Å². The first kappa shape index (κ1) is 12.0. The van der Waals surface area contributed by atoms with Crippen LogP contribution in [0.1, 0.15) is 25.8 Å². The van der Waals surface area contributed by atoms with E-state index in [4.69, 9.17) is 0 Å². The second-order valence-corrected chi connectivity index (χ2v) is 4.80. The predicted octanol–water partition coefficient (Wildman–Crippen LogP) is 2.38. The highest BCUT2D eigenvalue weighted by Crippen LogP contribution is 2.54. The van der Waals surface area contributed by atoms with Gasteiger partial charge in [-0.3, -0.25) is 4.79 Å². The molecule has 2 nitrogen and oxygen atoms in total. The minimum absolute atomic E-state index is 0.133. The monoisotopic (exact) mass is 239 g/mol. The van der Waals surface area contributed by atoms with Gasteiger partial charge >= 0.3 is 0 Å². The molecular weight excluding hydrogens is 224 g/mol. The molecule has 0 radical (unpaired) electrons. The Kier molecular flexibility index (Phi) is 2.89. The molecular formula is C13H15F2NO. The lowest BCUT2D eigenvalue weighted by atomic mass is 9.92. The van der Waals surface area contributed by atoms with Crippen LogP contribution in [0.2, 0.25) is 0 Å². The number of carbonyl (C=O) groups excluding carboxylic acids is 1. The molecule has 0 bridgehead atoms. The van der Waals surface area contributed by atoms with Crippen molar-refractivity contribution in [3.8, 4) is 0 Å². The smallest absolute Gasteiger partial charge is 0.216 e. The Labute approximate surface area is 99.0 Å². The predicted molar refractivity (Wildman–Crippen MR) is 60.5 cm³/mol. The van der Waals surface area contributed by atoms with Gasteiger partial charge in [0.25, 0.3) is 0 Å². The zero-order valence-corrected chi connectivity index (χ0v) is 9.89. The minimum Gasteiger partial charge on any atom is -0.355 e. The van der Waals surface area contributed by atoms with Crippen LogP contribution in [0.25, 0.3) is 0 Å². The molecule has 1 amide bonds. The molecule has 0 aliphatic heterocycles. The molecule has 0 heterocycles. The fraction of sp³-hybridized carbons (Fsp3) is 0.462. The van der Waals surface area contributed by atoms with Crippen molar-refractivity contribution < 1.29 is 13.6 Å². The topological polar surface area (TPSA) is 29.1 Å². The van der Waals surface area contributed by atoms with Crippen LogP contribution < -0.4 is 5.32 Å². The van der Waals surface area contributed by atoms with Crippen molar-refractivity contribution >= 4 is 5.91 Å². The number of halogens is 2. The van der Waals surface area contributed by atoms with Gasteiger partial charge in [0.05, 0.1) is 0 Å². The zero-order valence-electron chi connectivity index (χ0n) is 9.89. The van der Waals surface area contributed by atoms with Crippen molar-refractivity contribution in [1.82, 2.24) is 5.32 Å². The van der Waals surface area contributed by atoms with Gasteiger partial charge in [0.15, 0.2) is 0 Å². The van der Waals surface area contributed by atoms with Crippen LogP contribution in [0.4, 0.5) is 8.78 Å². The molecule has 1 aromatic rings. The minimum atomic E-state index is -0.575. The lowest BCUT2D eigenvalue weighted by molar-refractivity contribution is -0.119. The first-order chi connectivity index (χ1) is 7.95. The van der Waals surface area contributed by atoms with E-state index in [0.29, 0.717) is 18.0 Å². The largest absolute Gasteiger partial charge is 0.355 e. The summed E-state index contributed by atoms with van der Waals surface area (Å²) >= 11 is 0. The van der Waals surface area contributed by atoms with E-state index in [1.807, 2.05) is 6.92 Å². The molecule has 1 saturated carbocycles. The van der Waals surface area contributed by atoms with E-state index in [2.05, 4.69) is 5.32 Å². The van der Waals surface area contributed by atoms with Crippen molar-refractivity contribution in [2.24, 2.45) is 5.92 Å². The molecule has 1 aromatic carbocycles. The maximum atomic E-state index is 13.7. The molecule has 1 aliphatic rings. The summed E-state index contributed by atoms with van der Waals surface area (Å²) in [5.74, 6) is -0.936. The molecule has 1 N–H and O–H groups in total. The third-order valence-electron chi connectivity index (χ3n) is 3.57. The molecule has 0 aromatic heterocycles. The Bertz CT molecular complexity index is 461. The Morgan fingerprint density at radius 3 is 2.65 bits per heavy atom. The van der Waals surface area contributed by atoms with Gasteiger partial charge in [0.1, 0.15) is 11.6 Å². The van der Waals surface area contributed by atoms with Crippen LogP contribution in [0.15, 0.2) is 18.2 Å². The number of hydrogen-bond donors (Lipinski definition) is 1. The van der Waals surface area contributed by atoms with Gasteiger partial charge in [-0.15, -0.1) is 0 Å². The number of rotatable bonds is 3. The van der Waals surface area contributed by atoms with E-state index in [-0.39, 0.29) is 11.3 Å². The van der Waals surface area contributed by atoms with E-state index in [0.717, 1.165) is 12.5 Å². The van der Waals surface area contributed by atoms with Gasteiger partial charge in [-0.2, -0.15) is 0 Å². The maximum Gasteiger partial charge on any atom is 0.216 e. The highest BCUT2D eigenvalue weighted by Gasteiger charge is 2.53. The molecule has 2 atom stereocenters. The van der Waals surface area contributed by atoms with Gasteiger partial charge in [-0.1, -0.05) is 13.0 Å². The normalized spacial score (nSPS) is 26.7. The fourth-order valence-electron chi connectivity index (χ4n) is 2.38. The summed E-state index contributed by atoms with van der Waals surface area (Å²) in [7, 11) is 0. The summed E-state index contributed by atoms with van der Waals surface area (Å²) in [6.07, 6.45) is 0.815. The number of amides is 1. The van der Waals surface area contributed by atoms with Gasteiger partial charge < -0.3 is 5.32 Å². The number of nitrogens with one attached hydrogen (secondary N) is 1. The highest BCUT2D eigenvalue weighted by molar-refractivity contribution is 5.73. The first-order valence-corrected chi connectivity index (χ1v) is 5.66.